The molecule has 2 rings (SSSR count). The second-order valence-corrected chi connectivity index (χ2v) is 6.96. The number of aliphatic hydroxyl groups is 1. The van der Waals surface area contributed by atoms with Crippen LogP contribution in [0.25, 0.3) is 0 Å². The highest BCUT2D eigenvalue weighted by Crippen LogP contribution is 2.23. The van der Waals surface area contributed by atoms with Gasteiger partial charge in [0, 0.05) is 17.1 Å². The van der Waals surface area contributed by atoms with Crippen molar-refractivity contribution < 1.29 is 14.6 Å². The SMILES string of the molecule is CC(C(=O)Nc1ccc(OCC(O)CN(C)C)cc1)c1cccs1. The molecule has 1 amide bonds. The van der Waals surface area contributed by atoms with Crippen LogP contribution in [0.1, 0.15) is 17.7 Å². The molecule has 24 heavy (non-hydrogen) atoms. The molecule has 0 aliphatic rings. The molecule has 0 fully saturated rings. The van der Waals surface area contributed by atoms with Crippen molar-refractivity contribution in [2.75, 3.05) is 32.6 Å². The lowest BCUT2D eigenvalue weighted by molar-refractivity contribution is -0.117. The Morgan fingerprint density at radius 3 is 2.58 bits per heavy atom. The van der Waals surface area contributed by atoms with Crippen molar-refractivity contribution in [3.8, 4) is 5.75 Å². The maximum Gasteiger partial charge on any atom is 0.232 e. The Morgan fingerprint density at radius 2 is 2.00 bits per heavy atom. The minimum Gasteiger partial charge on any atom is -0.491 e. The van der Waals surface area contributed by atoms with Crippen LogP contribution in [0.4, 0.5) is 5.69 Å². The highest BCUT2D eigenvalue weighted by Gasteiger charge is 2.16. The number of anilines is 1. The van der Waals surface area contributed by atoms with Gasteiger partial charge >= 0.3 is 0 Å². The molecule has 2 aromatic rings. The summed E-state index contributed by atoms with van der Waals surface area (Å²) in [5.41, 5.74) is 0.726. The Balaban J connectivity index is 1.84. The molecule has 2 N–H and O–H groups in total. The molecule has 1 heterocycles. The van der Waals surface area contributed by atoms with E-state index in [1.807, 2.05) is 43.4 Å². The lowest BCUT2D eigenvalue weighted by Gasteiger charge is -2.16. The first-order chi connectivity index (χ1) is 11.5. The number of carbonyl (C=O) groups is 1. The minimum atomic E-state index is -0.536. The van der Waals surface area contributed by atoms with Gasteiger partial charge in [-0.05, 0) is 56.7 Å². The molecule has 0 saturated carbocycles. The fraction of sp³-hybridized carbons (Fsp3) is 0.389. The largest absolute Gasteiger partial charge is 0.491 e. The van der Waals surface area contributed by atoms with Crippen molar-refractivity contribution in [2.45, 2.75) is 18.9 Å². The molecule has 1 aromatic carbocycles. The third-order valence-electron chi connectivity index (χ3n) is 3.50. The second kappa shape index (κ2) is 8.82. The normalized spacial score (nSPS) is 13.5. The molecule has 0 spiro atoms. The van der Waals surface area contributed by atoms with E-state index >= 15 is 0 Å². The number of carbonyl (C=O) groups excluding carboxylic acids is 1. The van der Waals surface area contributed by atoms with Gasteiger partial charge in [-0.3, -0.25) is 4.79 Å². The second-order valence-electron chi connectivity index (χ2n) is 5.98. The van der Waals surface area contributed by atoms with Gasteiger partial charge in [-0.1, -0.05) is 6.07 Å². The van der Waals surface area contributed by atoms with Crippen LogP contribution < -0.4 is 10.1 Å². The number of rotatable bonds is 8. The standard InChI is InChI=1S/C18H24N2O3S/c1-13(17-5-4-10-24-17)18(22)19-14-6-8-16(9-7-14)23-12-15(21)11-20(2)3/h4-10,13,15,21H,11-12H2,1-3H3,(H,19,22). The maximum atomic E-state index is 12.2. The molecule has 2 atom stereocenters. The van der Waals surface area contributed by atoms with Crippen LogP contribution in [0.5, 0.6) is 5.75 Å². The zero-order valence-electron chi connectivity index (χ0n) is 14.2. The number of likely N-dealkylation sites (N-methyl/N-ethyl adjacent to an activating group) is 1. The zero-order valence-corrected chi connectivity index (χ0v) is 15.0. The van der Waals surface area contributed by atoms with E-state index in [1.54, 1.807) is 35.6 Å². The molecule has 0 radical (unpaired) electrons. The van der Waals surface area contributed by atoms with Gasteiger partial charge in [-0.15, -0.1) is 11.3 Å². The average Bonchev–Trinajstić information content (AvgIpc) is 3.07. The van der Waals surface area contributed by atoms with Crippen molar-refractivity contribution in [1.82, 2.24) is 4.90 Å². The third-order valence-corrected chi connectivity index (χ3v) is 4.56. The average molecular weight is 348 g/mol. The number of nitrogens with one attached hydrogen (secondary N) is 1. The van der Waals surface area contributed by atoms with Crippen LogP contribution in [0.15, 0.2) is 41.8 Å². The monoisotopic (exact) mass is 348 g/mol. The Bertz CT molecular complexity index is 626. The van der Waals surface area contributed by atoms with Gasteiger partial charge in [0.25, 0.3) is 0 Å². The number of ether oxygens (including phenoxy) is 1. The molecule has 130 valence electrons. The van der Waals surface area contributed by atoms with Crippen LogP contribution in [-0.2, 0) is 4.79 Å². The summed E-state index contributed by atoms with van der Waals surface area (Å²) < 4.78 is 5.55. The molecule has 0 aliphatic carbocycles. The van der Waals surface area contributed by atoms with Crippen LogP contribution >= 0.6 is 11.3 Å². The van der Waals surface area contributed by atoms with Crippen LogP contribution in [0.2, 0.25) is 0 Å². The predicted molar refractivity (Wildman–Crippen MR) is 97.9 cm³/mol. The molecule has 5 nitrogen and oxygen atoms in total. The lowest BCUT2D eigenvalue weighted by atomic mass is 10.1. The van der Waals surface area contributed by atoms with E-state index in [9.17, 15) is 9.90 Å². The first-order valence-electron chi connectivity index (χ1n) is 7.85. The van der Waals surface area contributed by atoms with Gasteiger partial charge < -0.3 is 20.1 Å². The van der Waals surface area contributed by atoms with Gasteiger partial charge in [-0.25, -0.2) is 0 Å². The maximum absolute atomic E-state index is 12.2. The van der Waals surface area contributed by atoms with Crippen LogP contribution in [0, 0.1) is 0 Å². The Morgan fingerprint density at radius 1 is 1.29 bits per heavy atom. The van der Waals surface area contributed by atoms with Gasteiger partial charge in [0.05, 0.1) is 5.92 Å². The Kier molecular flexibility index (Phi) is 6.78. The van der Waals surface area contributed by atoms with E-state index in [0.29, 0.717) is 12.3 Å². The number of benzene rings is 1. The summed E-state index contributed by atoms with van der Waals surface area (Å²) in [6.45, 7) is 2.68. The first kappa shape index (κ1) is 18.4. The quantitative estimate of drug-likeness (QED) is 0.770. The van der Waals surface area contributed by atoms with Gasteiger partial charge in [-0.2, -0.15) is 0 Å². The van der Waals surface area contributed by atoms with E-state index in [4.69, 9.17) is 4.74 Å². The topological polar surface area (TPSA) is 61.8 Å². The summed E-state index contributed by atoms with van der Waals surface area (Å²) in [7, 11) is 3.80. The number of hydrogen-bond donors (Lipinski definition) is 2. The molecule has 2 unspecified atom stereocenters. The fourth-order valence-electron chi connectivity index (χ4n) is 2.22. The van der Waals surface area contributed by atoms with Gasteiger partial charge in [0.2, 0.25) is 5.91 Å². The number of aliphatic hydroxyl groups excluding tert-OH is 1. The Hall–Kier alpha value is -1.89. The smallest absolute Gasteiger partial charge is 0.232 e. The van der Waals surface area contributed by atoms with Gasteiger partial charge in [0.15, 0.2) is 0 Å². The highest BCUT2D eigenvalue weighted by molar-refractivity contribution is 7.10. The summed E-state index contributed by atoms with van der Waals surface area (Å²) in [5, 5.41) is 14.7. The summed E-state index contributed by atoms with van der Waals surface area (Å²) in [4.78, 5) is 15.2. The van der Waals surface area contributed by atoms with Crippen LogP contribution in [0.3, 0.4) is 0 Å². The van der Waals surface area contributed by atoms with Crippen LogP contribution in [-0.4, -0.2) is 49.3 Å². The van der Waals surface area contributed by atoms with E-state index < -0.39 is 6.10 Å². The van der Waals surface area contributed by atoms with Crippen molar-refractivity contribution in [2.24, 2.45) is 0 Å². The molecule has 0 bridgehead atoms. The summed E-state index contributed by atoms with van der Waals surface area (Å²) >= 11 is 1.58. The van der Waals surface area contributed by atoms with Crippen molar-refractivity contribution in [3.63, 3.8) is 0 Å². The molecule has 6 heteroatoms. The van der Waals surface area contributed by atoms with E-state index in [-0.39, 0.29) is 18.4 Å². The number of nitrogens with zero attached hydrogens (tertiary/aromatic N) is 1. The molecule has 1 aromatic heterocycles. The predicted octanol–water partition coefficient (Wildman–Crippen LogP) is 2.79. The summed E-state index contributed by atoms with van der Waals surface area (Å²) in [6, 6.07) is 11.1. The molecular formula is C18H24N2O3S. The van der Waals surface area contributed by atoms with Crippen molar-refractivity contribution >= 4 is 22.9 Å². The summed E-state index contributed by atoms with van der Waals surface area (Å²) in [5.74, 6) is 0.451. The van der Waals surface area contributed by atoms with E-state index in [0.717, 1.165) is 10.6 Å². The summed E-state index contributed by atoms with van der Waals surface area (Å²) in [6.07, 6.45) is -0.536. The molecular weight excluding hydrogens is 324 g/mol. The van der Waals surface area contributed by atoms with Crippen molar-refractivity contribution in [1.29, 1.82) is 0 Å². The lowest BCUT2D eigenvalue weighted by Crippen LogP contribution is -2.30. The van der Waals surface area contributed by atoms with E-state index in [1.165, 1.54) is 0 Å². The molecule has 0 aliphatic heterocycles. The van der Waals surface area contributed by atoms with E-state index in [2.05, 4.69) is 5.32 Å². The van der Waals surface area contributed by atoms with Crippen molar-refractivity contribution in [3.05, 3.63) is 46.7 Å². The van der Waals surface area contributed by atoms with Gasteiger partial charge in [0.1, 0.15) is 18.5 Å². The zero-order chi connectivity index (χ0) is 17.5. The fourth-order valence-corrected chi connectivity index (χ4v) is 3.00. The Labute approximate surface area is 146 Å². The molecule has 0 saturated heterocycles. The third kappa shape index (κ3) is 5.63. The first-order valence-corrected chi connectivity index (χ1v) is 8.73. The number of hydrogen-bond acceptors (Lipinski definition) is 5. The number of thiophene rings is 1. The minimum absolute atomic E-state index is 0.0347. The highest BCUT2D eigenvalue weighted by atomic mass is 32.1. The number of amides is 1.